The molecule has 0 amide bonds. The molecule has 1 aromatic rings. The van der Waals surface area contributed by atoms with Crippen LogP contribution in [0.15, 0.2) is 47.1 Å². The van der Waals surface area contributed by atoms with Gasteiger partial charge in [0.1, 0.15) is 12.3 Å². The first-order valence-corrected chi connectivity index (χ1v) is 6.76. The molecule has 0 spiro atoms. The third-order valence-electron chi connectivity index (χ3n) is 2.16. The van der Waals surface area contributed by atoms with E-state index in [4.69, 9.17) is 4.74 Å². The van der Waals surface area contributed by atoms with Crippen molar-refractivity contribution in [1.29, 1.82) is 0 Å². The van der Waals surface area contributed by atoms with Crippen molar-refractivity contribution in [2.24, 2.45) is 10.2 Å². The summed E-state index contributed by atoms with van der Waals surface area (Å²) < 4.78 is 5.23. The van der Waals surface area contributed by atoms with Gasteiger partial charge in [0.15, 0.2) is 0 Å². The molecule has 0 aromatic heterocycles. The summed E-state index contributed by atoms with van der Waals surface area (Å²) in [7, 11) is 1.64. The van der Waals surface area contributed by atoms with E-state index in [1.165, 1.54) is 0 Å². The quantitative estimate of drug-likeness (QED) is 0.379. The average molecular weight is 264 g/mol. The molecule has 0 aliphatic rings. The first kappa shape index (κ1) is 14.5. The highest BCUT2D eigenvalue weighted by Crippen LogP contribution is 2.14. The highest BCUT2D eigenvalue weighted by molar-refractivity contribution is 8.12. The number of hydrogen-bond acceptors (Lipinski definition) is 4. The SMILES string of the molecule is C=CC[NH2+]C(=NN=Cc1ccccc1OC)SC. The van der Waals surface area contributed by atoms with Crippen LogP contribution in [0.2, 0.25) is 0 Å². The highest BCUT2D eigenvalue weighted by Gasteiger charge is 1.99. The zero-order valence-corrected chi connectivity index (χ0v) is 11.5. The smallest absolute Gasteiger partial charge is 0.279 e. The third-order valence-corrected chi connectivity index (χ3v) is 2.83. The Morgan fingerprint density at radius 2 is 2.28 bits per heavy atom. The van der Waals surface area contributed by atoms with Crippen molar-refractivity contribution >= 4 is 23.1 Å². The molecule has 0 aliphatic carbocycles. The molecule has 18 heavy (non-hydrogen) atoms. The first-order valence-electron chi connectivity index (χ1n) is 5.54. The van der Waals surface area contributed by atoms with Crippen molar-refractivity contribution < 1.29 is 10.1 Å². The van der Waals surface area contributed by atoms with Crippen LogP contribution in [-0.4, -0.2) is 31.3 Å². The number of rotatable bonds is 5. The normalized spacial score (nSPS) is 11.8. The average Bonchev–Trinajstić information content (AvgIpc) is 2.43. The fraction of sp³-hybridized carbons (Fsp3) is 0.231. The molecule has 1 rings (SSSR count). The predicted molar refractivity (Wildman–Crippen MR) is 78.5 cm³/mol. The Hall–Kier alpha value is -1.59. The number of ether oxygens (including phenoxy) is 1. The summed E-state index contributed by atoms with van der Waals surface area (Å²) in [6.07, 6.45) is 5.49. The molecule has 2 N–H and O–H groups in total. The van der Waals surface area contributed by atoms with Gasteiger partial charge in [0.2, 0.25) is 0 Å². The molecule has 4 nitrogen and oxygen atoms in total. The van der Waals surface area contributed by atoms with Crippen molar-refractivity contribution in [3.63, 3.8) is 0 Å². The van der Waals surface area contributed by atoms with E-state index < -0.39 is 0 Å². The summed E-state index contributed by atoms with van der Waals surface area (Å²) >= 11 is 1.56. The summed E-state index contributed by atoms with van der Waals surface area (Å²) in [5.41, 5.74) is 0.910. The molecule has 0 saturated carbocycles. The fourth-order valence-corrected chi connectivity index (χ4v) is 1.66. The number of amidine groups is 1. The van der Waals surface area contributed by atoms with Crippen LogP contribution in [0.25, 0.3) is 0 Å². The summed E-state index contributed by atoms with van der Waals surface area (Å²) in [6.45, 7) is 4.46. The maximum absolute atomic E-state index is 5.23. The van der Waals surface area contributed by atoms with Gasteiger partial charge in [-0.2, -0.15) is 5.10 Å². The number of hydrogen-bond donors (Lipinski definition) is 1. The lowest BCUT2D eigenvalue weighted by Gasteiger charge is -2.01. The lowest BCUT2D eigenvalue weighted by molar-refractivity contribution is -0.523. The Morgan fingerprint density at radius 3 is 2.94 bits per heavy atom. The summed E-state index contributed by atoms with van der Waals surface area (Å²) in [5.74, 6) is 0.789. The lowest BCUT2D eigenvalue weighted by atomic mass is 10.2. The number of methoxy groups -OCH3 is 1. The highest BCUT2D eigenvalue weighted by atomic mass is 32.2. The molecule has 5 heteroatoms. The van der Waals surface area contributed by atoms with Crippen LogP contribution in [0.5, 0.6) is 5.75 Å². The number of para-hydroxylation sites is 1. The van der Waals surface area contributed by atoms with Crippen LogP contribution < -0.4 is 10.1 Å². The minimum atomic E-state index is 0.789. The van der Waals surface area contributed by atoms with Crippen LogP contribution in [0.4, 0.5) is 0 Å². The van der Waals surface area contributed by atoms with Crippen molar-refractivity contribution in [2.45, 2.75) is 0 Å². The van der Waals surface area contributed by atoms with Gasteiger partial charge in [0.05, 0.1) is 13.3 Å². The van der Waals surface area contributed by atoms with Gasteiger partial charge >= 0.3 is 0 Å². The van der Waals surface area contributed by atoms with E-state index in [1.54, 1.807) is 25.1 Å². The molecule has 1 aromatic carbocycles. The van der Waals surface area contributed by atoms with E-state index in [2.05, 4.69) is 16.8 Å². The second kappa shape index (κ2) is 8.49. The van der Waals surface area contributed by atoms with Gasteiger partial charge in [-0.15, -0.1) is 0 Å². The van der Waals surface area contributed by atoms with Gasteiger partial charge < -0.3 is 4.74 Å². The third kappa shape index (κ3) is 4.73. The summed E-state index contributed by atoms with van der Waals surface area (Å²) in [5, 5.41) is 11.1. The second-order valence-electron chi connectivity index (χ2n) is 3.36. The zero-order valence-electron chi connectivity index (χ0n) is 10.7. The largest absolute Gasteiger partial charge is 0.496 e. The molecule has 0 unspecified atom stereocenters. The Labute approximate surface area is 112 Å². The summed E-state index contributed by atoms with van der Waals surface area (Å²) in [4.78, 5) is 0. The van der Waals surface area contributed by atoms with Crippen molar-refractivity contribution in [1.82, 2.24) is 0 Å². The number of quaternary nitrogens is 1. The molecule has 0 bridgehead atoms. The van der Waals surface area contributed by atoms with Gasteiger partial charge in [-0.05, 0) is 36.2 Å². The molecular weight excluding hydrogens is 246 g/mol. The maximum Gasteiger partial charge on any atom is 0.279 e. The minimum Gasteiger partial charge on any atom is -0.496 e. The van der Waals surface area contributed by atoms with Gasteiger partial charge in [-0.3, -0.25) is 5.32 Å². The van der Waals surface area contributed by atoms with Crippen LogP contribution in [0, 0.1) is 0 Å². The van der Waals surface area contributed by atoms with E-state index in [1.807, 2.05) is 41.9 Å². The molecule has 96 valence electrons. The van der Waals surface area contributed by atoms with E-state index in [-0.39, 0.29) is 0 Å². The topological polar surface area (TPSA) is 50.6 Å². The maximum atomic E-state index is 5.23. The Morgan fingerprint density at radius 1 is 1.50 bits per heavy atom. The molecule has 0 fully saturated rings. The lowest BCUT2D eigenvalue weighted by Crippen LogP contribution is -2.86. The van der Waals surface area contributed by atoms with Crippen LogP contribution in [0.1, 0.15) is 5.56 Å². The van der Waals surface area contributed by atoms with Gasteiger partial charge in [0, 0.05) is 5.56 Å². The number of benzene rings is 1. The van der Waals surface area contributed by atoms with Crippen molar-refractivity contribution in [3.05, 3.63) is 42.5 Å². The van der Waals surface area contributed by atoms with Crippen LogP contribution in [-0.2, 0) is 0 Å². The summed E-state index contributed by atoms with van der Waals surface area (Å²) in [6, 6.07) is 7.69. The molecule has 0 saturated heterocycles. The van der Waals surface area contributed by atoms with Gasteiger partial charge in [0.25, 0.3) is 5.17 Å². The molecule has 0 radical (unpaired) electrons. The van der Waals surface area contributed by atoms with Crippen molar-refractivity contribution in [3.8, 4) is 5.75 Å². The minimum absolute atomic E-state index is 0.789. The van der Waals surface area contributed by atoms with Gasteiger partial charge in [-0.25, -0.2) is 0 Å². The van der Waals surface area contributed by atoms with E-state index in [0.29, 0.717) is 0 Å². The molecular formula is C13H18N3OS+. The Bertz CT molecular complexity index is 444. The van der Waals surface area contributed by atoms with Gasteiger partial charge in [-0.1, -0.05) is 23.8 Å². The van der Waals surface area contributed by atoms with E-state index in [9.17, 15) is 0 Å². The Balaban J connectivity index is 2.73. The zero-order chi connectivity index (χ0) is 13.2. The van der Waals surface area contributed by atoms with E-state index >= 15 is 0 Å². The molecule has 0 aliphatic heterocycles. The van der Waals surface area contributed by atoms with Crippen LogP contribution >= 0.6 is 11.8 Å². The Kier molecular flexibility index (Phi) is 6.83. The predicted octanol–water partition coefficient (Wildman–Crippen LogP) is 1.50. The molecule has 0 heterocycles. The standard InChI is InChI=1S/C13H17N3OS/c1-4-9-14-13(18-3)16-15-10-11-7-5-6-8-12(11)17-2/h4-8,10H,1,9H2,2-3H3,(H,14,16)/p+1. The van der Waals surface area contributed by atoms with Crippen molar-refractivity contribution in [2.75, 3.05) is 19.9 Å². The molecule has 0 atom stereocenters. The first-order chi connectivity index (χ1) is 8.81. The number of nitrogens with two attached hydrogens (primary N) is 1. The van der Waals surface area contributed by atoms with Crippen LogP contribution in [0.3, 0.4) is 0 Å². The second-order valence-corrected chi connectivity index (χ2v) is 4.18. The van der Waals surface area contributed by atoms with E-state index in [0.717, 1.165) is 23.0 Å². The number of nitrogens with zero attached hydrogens (tertiary/aromatic N) is 2. The number of thioether (sulfide) groups is 1. The monoisotopic (exact) mass is 264 g/mol. The fourth-order valence-electron chi connectivity index (χ4n) is 1.27.